The smallest absolute Gasteiger partial charge is 0.337 e. The third-order valence-corrected chi connectivity index (χ3v) is 11.3. The van der Waals surface area contributed by atoms with Crippen molar-refractivity contribution in [3.05, 3.63) is 80.8 Å². The Balaban J connectivity index is 1.41. The number of hydrogen-bond donors (Lipinski definition) is 1. The third-order valence-electron chi connectivity index (χ3n) is 10.4. The minimum Gasteiger partial charge on any atom is -0.465 e. The van der Waals surface area contributed by atoms with Crippen molar-refractivity contribution in [1.29, 1.82) is 0 Å². The molecule has 1 amide bonds. The molecule has 1 aromatic heterocycles. The molecule has 10 heteroatoms. The Labute approximate surface area is 255 Å². The number of nitrogens with one attached hydrogen (secondary N) is 1. The zero-order chi connectivity index (χ0) is 29.1. The van der Waals surface area contributed by atoms with E-state index in [-0.39, 0.29) is 17.8 Å². The van der Waals surface area contributed by atoms with Crippen LogP contribution >= 0.6 is 27.5 Å². The molecule has 3 aliphatic heterocycles. The highest BCUT2D eigenvalue weighted by atomic mass is 79.9. The van der Waals surface area contributed by atoms with E-state index in [2.05, 4.69) is 37.6 Å². The van der Waals surface area contributed by atoms with Crippen molar-refractivity contribution in [2.75, 3.05) is 19.0 Å². The second-order valence-electron chi connectivity index (χ2n) is 12.5. The summed E-state index contributed by atoms with van der Waals surface area (Å²) in [5, 5.41) is 3.70. The van der Waals surface area contributed by atoms with Crippen LogP contribution in [0.4, 0.5) is 10.1 Å². The van der Waals surface area contributed by atoms with Gasteiger partial charge in [0.25, 0.3) is 0 Å². The molecule has 2 fully saturated rings. The van der Waals surface area contributed by atoms with Gasteiger partial charge in [-0.2, -0.15) is 0 Å². The fourth-order valence-electron chi connectivity index (χ4n) is 8.51. The minimum atomic E-state index is -1.11. The van der Waals surface area contributed by atoms with Gasteiger partial charge >= 0.3 is 5.97 Å². The van der Waals surface area contributed by atoms with Gasteiger partial charge in [0.05, 0.1) is 23.7 Å². The van der Waals surface area contributed by atoms with Crippen LogP contribution in [-0.2, 0) is 27.0 Å². The van der Waals surface area contributed by atoms with E-state index in [1.54, 1.807) is 24.3 Å². The molecule has 3 aromatic rings. The van der Waals surface area contributed by atoms with Crippen molar-refractivity contribution in [3.8, 4) is 0 Å². The molecule has 2 unspecified atom stereocenters. The normalized spacial score (nSPS) is 31.5. The van der Waals surface area contributed by atoms with Crippen LogP contribution in [0.15, 0.2) is 58.9 Å². The molecule has 5 aliphatic rings. The first-order valence-electron chi connectivity index (χ1n) is 14.4. The summed E-state index contributed by atoms with van der Waals surface area (Å²) in [7, 11) is 1.36. The Kier molecular flexibility index (Phi) is 5.70. The van der Waals surface area contributed by atoms with Crippen LogP contribution in [0, 0.1) is 17.8 Å². The van der Waals surface area contributed by atoms with E-state index in [0.29, 0.717) is 45.2 Å². The summed E-state index contributed by atoms with van der Waals surface area (Å²) in [5.41, 5.74) is 1.76. The topological polar surface area (TPSA) is 76.5 Å². The molecule has 7 nitrogen and oxygen atoms in total. The molecule has 42 heavy (non-hydrogen) atoms. The van der Waals surface area contributed by atoms with E-state index in [4.69, 9.17) is 21.3 Å². The maximum absolute atomic E-state index is 16.4. The van der Waals surface area contributed by atoms with Gasteiger partial charge in [-0.1, -0.05) is 30.7 Å². The zero-order valence-electron chi connectivity index (χ0n) is 23.2. The molecular formula is C32H29BrClFN4O3. The number of carbonyl (C=O) groups excluding carboxylic acids is 2. The summed E-state index contributed by atoms with van der Waals surface area (Å²) in [6, 6.07) is 10.9. The Morgan fingerprint density at radius 1 is 1.26 bits per heavy atom. The van der Waals surface area contributed by atoms with Crippen LogP contribution in [0.25, 0.3) is 11.0 Å². The molecule has 0 bridgehead atoms. The quantitative estimate of drug-likeness (QED) is 0.328. The van der Waals surface area contributed by atoms with Crippen LogP contribution < -0.4 is 5.32 Å². The van der Waals surface area contributed by atoms with E-state index < -0.39 is 28.8 Å². The first-order valence-corrected chi connectivity index (χ1v) is 15.6. The highest BCUT2D eigenvalue weighted by molar-refractivity contribution is 9.11. The molecular weight excluding hydrogens is 623 g/mol. The molecule has 2 aromatic carbocycles. The molecule has 216 valence electrons. The Bertz CT molecular complexity index is 1780. The number of nitrogens with zero attached hydrogens (tertiary/aromatic N) is 3. The van der Waals surface area contributed by atoms with Gasteiger partial charge in [0.2, 0.25) is 5.91 Å². The van der Waals surface area contributed by atoms with Crippen molar-refractivity contribution in [2.24, 2.45) is 17.8 Å². The number of fused-ring (bicyclic) bond motifs is 7. The largest absolute Gasteiger partial charge is 0.465 e. The summed E-state index contributed by atoms with van der Waals surface area (Å²) in [4.78, 5) is 34.5. The summed E-state index contributed by atoms with van der Waals surface area (Å²) in [5.74, 6) is -0.535. The van der Waals surface area contributed by atoms with Crippen molar-refractivity contribution in [2.45, 2.75) is 49.7 Å². The Morgan fingerprint density at radius 3 is 2.83 bits per heavy atom. The van der Waals surface area contributed by atoms with Gasteiger partial charge in [0, 0.05) is 57.1 Å². The number of methoxy groups -OCH3 is 1. The fraction of sp³-hybridized carbons (Fsp3) is 0.406. The molecule has 1 spiro atoms. The lowest BCUT2D eigenvalue weighted by Gasteiger charge is -2.44. The van der Waals surface area contributed by atoms with Crippen LogP contribution in [0.2, 0.25) is 5.02 Å². The van der Waals surface area contributed by atoms with Crippen molar-refractivity contribution in [1.82, 2.24) is 14.5 Å². The molecule has 1 N–H and O–H groups in total. The SMILES string of the molecule is COC(=O)c1ccc2c(c1)nc1n2C[C@@H]2N(CC3CC3)[C@@]3(C(=O)Nc4cc(Cl)ccc43)[C@@H](C3CC=CC(Br)=C3F)C12C. The van der Waals surface area contributed by atoms with Crippen molar-refractivity contribution >= 4 is 56.1 Å². The molecule has 5 atom stereocenters. The second kappa shape index (κ2) is 9.00. The van der Waals surface area contributed by atoms with Crippen LogP contribution in [0.1, 0.15) is 47.9 Å². The summed E-state index contributed by atoms with van der Waals surface area (Å²) in [6.45, 7) is 3.52. The van der Waals surface area contributed by atoms with Gasteiger partial charge in [0.15, 0.2) is 0 Å². The number of likely N-dealkylation sites (tertiary alicyclic amines) is 1. The lowest BCUT2D eigenvalue weighted by Crippen LogP contribution is -2.55. The number of rotatable bonds is 4. The predicted octanol–water partition coefficient (Wildman–Crippen LogP) is 6.46. The number of carbonyl (C=O) groups is 2. The van der Waals surface area contributed by atoms with E-state index in [9.17, 15) is 9.59 Å². The minimum absolute atomic E-state index is 0.0971. The van der Waals surface area contributed by atoms with Gasteiger partial charge < -0.3 is 14.6 Å². The summed E-state index contributed by atoms with van der Waals surface area (Å²) >= 11 is 9.87. The number of imidazole rings is 1. The lowest BCUT2D eigenvalue weighted by atomic mass is 9.60. The lowest BCUT2D eigenvalue weighted by molar-refractivity contribution is -0.130. The van der Waals surface area contributed by atoms with Gasteiger partial charge in [-0.05, 0) is 77.5 Å². The Hall–Kier alpha value is -3.01. The highest BCUT2D eigenvalue weighted by Crippen LogP contribution is 2.67. The molecule has 1 saturated heterocycles. The number of benzene rings is 2. The van der Waals surface area contributed by atoms with Gasteiger partial charge in [-0.3, -0.25) is 9.69 Å². The van der Waals surface area contributed by atoms with Crippen LogP contribution in [-0.4, -0.2) is 46.0 Å². The van der Waals surface area contributed by atoms with Gasteiger partial charge in [0.1, 0.15) is 17.2 Å². The number of ether oxygens (including phenoxy) is 1. The van der Waals surface area contributed by atoms with Crippen molar-refractivity contribution < 1.29 is 18.7 Å². The molecule has 4 heterocycles. The maximum atomic E-state index is 16.4. The maximum Gasteiger partial charge on any atom is 0.337 e. The summed E-state index contributed by atoms with van der Waals surface area (Å²) < 4.78 is 24.0. The van der Waals surface area contributed by atoms with Crippen molar-refractivity contribution in [3.63, 3.8) is 0 Å². The molecule has 2 aliphatic carbocycles. The first kappa shape index (κ1) is 26.6. The molecule has 0 radical (unpaired) electrons. The predicted molar refractivity (Wildman–Crippen MR) is 161 cm³/mol. The monoisotopic (exact) mass is 650 g/mol. The highest BCUT2D eigenvalue weighted by Gasteiger charge is 2.75. The number of aromatic nitrogens is 2. The number of amides is 1. The number of anilines is 1. The van der Waals surface area contributed by atoms with E-state index in [1.807, 2.05) is 24.3 Å². The van der Waals surface area contributed by atoms with E-state index in [0.717, 1.165) is 36.3 Å². The number of hydrogen-bond acceptors (Lipinski definition) is 5. The standard InChI is InChI=1S/C32H29BrClFN4O3/c1-31-25(15-38-24-11-8-17(28(40)42-2)12-23(24)36-29(31)38)39(14-16-6-7-16)32(27(31)19-4-3-5-21(33)26(19)35)20-10-9-18(34)13-22(20)37-30(32)41/h3,5,8-13,16,19,25,27H,4,6-7,14-15H2,1-2H3,(H,37,41)/t19?,25-,27-,31?,32+/m0/s1. The first-order chi connectivity index (χ1) is 20.2. The molecule has 8 rings (SSSR count). The Morgan fingerprint density at radius 2 is 2.07 bits per heavy atom. The second-order valence-corrected chi connectivity index (χ2v) is 13.8. The van der Waals surface area contributed by atoms with Gasteiger partial charge in [-0.15, -0.1) is 0 Å². The zero-order valence-corrected chi connectivity index (χ0v) is 25.5. The van der Waals surface area contributed by atoms with E-state index in [1.165, 1.54) is 7.11 Å². The third kappa shape index (κ3) is 3.33. The number of esters is 1. The number of allylic oxidation sites excluding steroid dienone is 4. The van der Waals surface area contributed by atoms with Crippen LogP contribution in [0.3, 0.4) is 0 Å². The average Bonchev–Trinajstić information content (AvgIpc) is 3.50. The summed E-state index contributed by atoms with van der Waals surface area (Å²) in [6.07, 6.45) is 6.45. The number of halogens is 3. The average molecular weight is 652 g/mol. The van der Waals surface area contributed by atoms with Crippen LogP contribution in [0.5, 0.6) is 0 Å². The van der Waals surface area contributed by atoms with Gasteiger partial charge in [-0.25, -0.2) is 14.2 Å². The van der Waals surface area contributed by atoms with E-state index >= 15 is 4.39 Å². The fourth-order valence-corrected chi connectivity index (χ4v) is 9.17. The molecule has 1 saturated carbocycles.